The Hall–Kier alpha value is -4.59. The quantitative estimate of drug-likeness (QED) is 0.195. The normalized spacial score (nSPS) is 11.8. The summed E-state index contributed by atoms with van der Waals surface area (Å²) in [5.74, 6) is 0.715. The summed E-state index contributed by atoms with van der Waals surface area (Å²) in [5.41, 5.74) is 2.86. The fourth-order valence-corrected chi connectivity index (χ4v) is 4.84. The molecule has 0 aliphatic heterocycles. The van der Waals surface area contributed by atoms with Crippen molar-refractivity contribution in [2.75, 3.05) is 69.1 Å². The number of carbonyl (C=O) groups is 2. The molecule has 4 N–H and O–H groups in total. The van der Waals surface area contributed by atoms with Gasteiger partial charge in [0.1, 0.15) is 5.75 Å². The van der Waals surface area contributed by atoms with Gasteiger partial charge in [-0.2, -0.15) is 0 Å². The van der Waals surface area contributed by atoms with Gasteiger partial charge in [-0.3, -0.25) is 14.3 Å². The summed E-state index contributed by atoms with van der Waals surface area (Å²) in [6.45, 7) is 0.440. The summed E-state index contributed by atoms with van der Waals surface area (Å²) in [6.07, 6.45) is 0. The van der Waals surface area contributed by atoms with Crippen LogP contribution in [0.1, 0.15) is 0 Å². The number of ether oxygens (including phenoxy) is 1. The van der Waals surface area contributed by atoms with Crippen LogP contribution in [0, 0.1) is 0 Å². The maximum atomic E-state index is 13.4. The number of hydrogen-bond donors (Lipinski definition) is 4. The number of benzene rings is 3. The predicted molar refractivity (Wildman–Crippen MR) is 167 cm³/mol. The predicted octanol–water partition coefficient (Wildman–Crippen LogP) is 3.52. The molecule has 4 rings (SSSR count). The minimum atomic E-state index is -1.75. The van der Waals surface area contributed by atoms with Crippen LogP contribution in [0.4, 0.5) is 28.7 Å². The van der Waals surface area contributed by atoms with Crippen LogP contribution < -0.4 is 25.4 Å². The Balaban J connectivity index is 1.63. The first-order valence-corrected chi connectivity index (χ1v) is 14.1. The minimum absolute atomic E-state index is 0.178. The molecule has 0 saturated heterocycles. The van der Waals surface area contributed by atoms with Gasteiger partial charge in [-0.05, 0) is 64.6 Å². The number of methoxy groups -OCH3 is 1. The Kier molecular flexibility index (Phi) is 10.0. The molecule has 0 aliphatic carbocycles. The molecule has 13 heteroatoms. The Morgan fingerprint density at radius 1 is 0.762 bits per heavy atom. The highest BCUT2D eigenvalue weighted by molar-refractivity contribution is 7.86. The van der Waals surface area contributed by atoms with Gasteiger partial charge in [0.25, 0.3) is 0 Å². The highest BCUT2D eigenvalue weighted by Crippen LogP contribution is 2.30. The molecule has 0 spiro atoms. The van der Waals surface area contributed by atoms with E-state index in [0.717, 1.165) is 0 Å². The van der Waals surface area contributed by atoms with Crippen LogP contribution in [-0.2, 0) is 20.6 Å². The van der Waals surface area contributed by atoms with Crippen molar-refractivity contribution in [3.63, 3.8) is 0 Å². The van der Waals surface area contributed by atoms with Gasteiger partial charge in [0.15, 0.2) is 22.6 Å². The Morgan fingerprint density at radius 3 is 1.98 bits per heavy atom. The van der Waals surface area contributed by atoms with Gasteiger partial charge >= 0.3 is 0 Å². The Morgan fingerprint density at radius 2 is 1.36 bits per heavy atom. The molecular formula is C29H34N8O4S. The molecule has 0 bridgehead atoms. The summed E-state index contributed by atoms with van der Waals surface area (Å²) >= 11 is 0. The van der Waals surface area contributed by atoms with Crippen molar-refractivity contribution < 1.29 is 18.5 Å². The summed E-state index contributed by atoms with van der Waals surface area (Å²) in [6, 6.07) is 19.3. The molecule has 1 unspecified atom stereocenters. The van der Waals surface area contributed by atoms with Gasteiger partial charge in [0, 0.05) is 29.2 Å². The van der Waals surface area contributed by atoms with Crippen LogP contribution in [-0.4, -0.2) is 84.2 Å². The zero-order valence-corrected chi connectivity index (χ0v) is 24.9. The van der Waals surface area contributed by atoms with Crippen molar-refractivity contribution >= 4 is 62.5 Å². The van der Waals surface area contributed by atoms with Crippen LogP contribution in [0.15, 0.2) is 71.6 Å². The number of amides is 2. The van der Waals surface area contributed by atoms with Crippen LogP contribution in [0.25, 0.3) is 11.0 Å². The van der Waals surface area contributed by atoms with Gasteiger partial charge < -0.3 is 30.5 Å². The lowest BCUT2D eigenvalue weighted by Gasteiger charge is -2.16. The van der Waals surface area contributed by atoms with Crippen LogP contribution in [0.2, 0.25) is 0 Å². The lowest BCUT2D eigenvalue weighted by molar-refractivity contribution is -0.117. The summed E-state index contributed by atoms with van der Waals surface area (Å²) in [4.78, 5) is 37.9. The van der Waals surface area contributed by atoms with Crippen LogP contribution >= 0.6 is 0 Å². The fourth-order valence-electron chi connectivity index (χ4n) is 3.97. The van der Waals surface area contributed by atoms with Crippen molar-refractivity contribution in [1.82, 2.24) is 19.8 Å². The molecule has 0 aliphatic rings. The molecule has 0 fully saturated rings. The molecule has 0 saturated carbocycles. The molecule has 220 valence electrons. The van der Waals surface area contributed by atoms with E-state index in [1.54, 1.807) is 66.4 Å². The highest BCUT2D eigenvalue weighted by atomic mass is 32.2. The van der Waals surface area contributed by atoms with E-state index in [1.165, 1.54) is 7.11 Å². The topological polar surface area (TPSA) is 141 Å². The zero-order chi connectivity index (χ0) is 30.2. The van der Waals surface area contributed by atoms with Gasteiger partial charge in [-0.25, -0.2) is 14.2 Å². The Bertz CT molecular complexity index is 1610. The number of aromatic nitrogens is 2. The number of nitrogens with one attached hydrogen (secondary N) is 4. The van der Waals surface area contributed by atoms with E-state index in [-0.39, 0.29) is 30.7 Å². The third-order valence-electron chi connectivity index (χ3n) is 5.70. The van der Waals surface area contributed by atoms with Crippen LogP contribution in [0.3, 0.4) is 0 Å². The van der Waals surface area contributed by atoms with E-state index < -0.39 is 11.0 Å². The van der Waals surface area contributed by atoms with E-state index in [1.807, 2.05) is 38.4 Å². The van der Waals surface area contributed by atoms with Gasteiger partial charge in [-0.15, -0.1) is 0 Å². The number of fused-ring (bicyclic) bond motifs is 1. The fraction of sp³-hybridized carbons (Fsp3) is 0.241. The van der Waals surface area contributed by atoms with Crippen molar-refractivity contribution in [2.24, 2.45) is 0 Å². The monoisotopic (exact) mass is 590 g/mol. The summed E-state index contributed by atoms with van der Waals surface area (Å²) in [7, 11) is 7.02. The number of rotatable bonds is 12. The number of anilines is 5. The lowest BCUT2D eigenvalue weighted by atomic mass is 10.2. The first-order valence-electron chi connectivity index (χ1n) is 13.0. The molecule has 3 aromatic carbocycles. The third kappa shape index (κ3) is 8.46. The maximum Gasteiger partial charge on any atom is 0.238 e. The molecule has 2 amide bonds. The maximum absolute atomic E-state index is 13.4. The third-order valence-corrected chi connectivity index (χ3v) is 6.76. The second-order valence-electron chi connectivity index (χ2n) is 9.96. The molecule has 1 heterocycles. The standard InChI is InChI=1S/C29H34N8O4S/c1-36(2)17-26(38)30-19-9-8-10-23(16-19)42(40)35-29-28(33-24-11-6-7-12-25(24)34-29)32-21-13-20(14-22(15-21)41-5)31-27(39)18-37(3)4/h6-16H,17-18H2,1-5H3,(H,30,38)(H,31,39)(H,32,33)(H,34,35). The molecular weight excluding hydrogens is 556 g/mol. The average Bonchev–Trinajstić information content (AvgIpc) is 2.92. The average molecular weight is 591 g/mol. The summed E-state index contributed by atoms with van der Waals surface area (Å²) in [5, 5.41) is 8.91. The van der Waals surface area contributed by atoms with Crippen molar-refractivity contribution in [1.29, 1.82) is 0 Å². The molecule has 4 aromatic rings. The second kappa shape index (κ2) is 13.9. The number of para-hydroxylation sites is 2. The first kappa shape index (κ1) is 30.4. The van der Waals surface area contributed by atoms with E-state index in [2.05, 4.69) is 25.7 Å². The van der Waals surface area contributed by atoms with E-state index >= 15 is 0 Å². The minimum Gasteiger partial charge on any atom is -0.497 e. The Labute approximate surface area is 247 Å². The van der Waals surface area contributed by atoms with Crippen molar-refractivity contribution in [2.45, 2.75) is 4.90 Å². The molecule has 0 radical (unpaired) electrons. The SMILES string of the molecule is COc1cc(NC(=O)CN(C)C)cc(Nc2nc3ccccc3nc2NS(=O)c2cccc(NC(=O)CN(C)C)c2)c1. The van der Waals surface area contributed by atoms with Gasteiger partial charge in [0.2, 0.25) is 11.8 Å². The second-order valence-corrected chi connectivity index (χ2v) is 11.2. The van der Waals surface area contributed by atoms with Crippen molar-refractivity contribution in [3.05, 3.63) is 66.7 Å². The molecule has 42 heavy (non-hydrogen) atoms. The van der Waals surface area contributed by atoms with E-state index in [4.69, 9.17) is 9.72 Å². The molecule has 12 nitrogen and oxygen atoms in total. The number of likely N-dealkylation sites (N-methyl/N-ethyl adjacent to an activating group) is 2. The highest BCUT2D eigenvalue weighted by Gasteiger charge is 2.15. The number of nitrogens with zero attached hydrogens (tertiary/aromatic N) is 4. The number of carbonyl (C=O) groups excluding carboxylic acids is 2. The largest absolute Gasteiger partial charge is 0.497 e. The van der Waals surface area contributed by atoms with E-state index in [0.29, 0.717) is 44.6 Å². The zero-order valence-electron chi connectivity index (χ0n) is 24.1. The van der Waals surface area contributed by atoms with E-state index in [9.17, 15) is 13.8 Å². The molecule has 1 aromatic heterocycles. The smallest absolute Gasteiger partial charge is 0.238 e. The van der Waals surface area contributed by atoms with Gasteiger partial charge in [-0.1, -0.05) is 18.2 Å². The van der Waals surface area contributed by atoms with Crippen LogP contribution in [0.5, 0.6) is 5.75 Å². The first-order chi connectivity index (χ1) is 20.1. The van der Waals surface area contributed by atoms with Crippen molar-refractivity contribution in [3.8, 4) is 5.75 Å². The molecule has 1 atom stereocenters. The lowest BCUT2D eigenvalue weighted by Crippen LogP contribution is -2.27. The van der Waals surface area contributed by atoms with Gasteiger partial charge in [0.05, 0.1) is 36.1 Å². The summed E-state index contributed by atoms with van der Waals surface area (Å²) < 4.78 is 21.8. The number of hydrogen-bond acceptors (Lipinski definition) is 9.